The average molecular weight is 244 g/mol. The lowest BCUT2D eigenvalue weighted by atomic mass is 10.3. The van der Waals surface area contributed by atoms with Crippen LogP contribution in [0.5, 0.6) is 5.88 Å². The van der Waals surface area contributed by atoms with Crippen LogP contribution < -0.4 is 10.1 Å². The maximum Gasteiger partial charge on any atom is 0.212 e. The first kappa shape index (κ1) is 12.3. The van der Waals surface area contributed by atoms with E-state index < -0.39 is 0 Å². The fourth-order valence-electron chi connectivity index (χ4n) is 1.52. The highest BCUT2D eigenvalue weighted by Crippen LogP contribution is 2.09. The zero-order valence-corrected chi connectivity index (χ0v) is 10.6. The summed E-state index contributed by atoms with van der Waals surface area (Å²) in [4.78, 5) is 12.5. The van der Waals surface area contributed by atoms with Crippen LogP contribution in [0.25, 0.3) is 0 Å². The number of aryl methyl sites for hydroxylation is 1. The second-order valence-electron chi connectivity index (χ2n) is 3.81. The van der Waals surface area contributed by atoms with Crippen molar-refractivity contribution in [3.63, 3.8) is 0 Å². The highest BCUT2D eigenvalue weighted by atomic mass is 16.5. The Kier molecular flexibility index (Phi) is 4.06. The lowest BCUT2D eigenvalue weighted by Gasteiger charge is -2.06. The molecule has 94 valence electrons. The van der Waals surface area contributed by atoms with Gasteiger partial charge in [-0.25, -0.2) is 15.0 Å². The second kappa shape index (κ2) is 5.95. The molecule has 2 aromatic rings. The van der Waals surface area contributed by atoms with Crippen molar-refractivity contribution >= 4 is 5.82 Å². The number of pyridine rings is 1. The van der Waals surface area contributed by atoms with Crippen LogP contribution in [0.4, 0.5) is 5.82 Å². The fourth-order valence-corrected chi connectivity index (χ4v) is 1.52. The molecule has 18 heavy (non-hydrogen) atoms. The number of hydrogen-bond acceptors (Lipinski definition) is 5. The Morgan fingerprint density at radius 1 is 1.22 bits per heavy atom. The molecule has 0 atom stereocenters. The molecule has 0 spiro atoms. The van der Waals surface area contributed by atoms with Crippen LogP contribution in [0.1, 0.15) is 18.2 Å². The van der Waals surface area contributed by atoms with Gasteiger partial charge in [-0.2, -0.15) is 0 Å². The maximum atomic E-state index is 5.01. The van der Waals surface area contributed by atoms with Crippen LogP contribution in [0.3, 0.4) is 0 Å². The highest BCUT2D eigenvalue weighted by molar-refractivity contribution is 5.36. The molecule has 0 amide bonds. The highest BCUT2D eigenvalue weighted by Gasteiger charge is 1.99. The van der Waals surface area contributed by atoms with Crippen molar-refractivity contribution in [1.82, 2.24) is 15.0 Å². The van der Waals surface area contributed by atoms with E-state index in [9.17, 15) is 0 Å². The first-order valence-electron chi connectivity index (χ1n) is 5.85. The molecule has 0 aliphatic carbocycles. The van der Waals surface area contributed by atoms with Gasteiger partial charge in [0.05, 0.1) is 7.11 Å². The minimum atomic E-state index is 0.619. The van der Waals surface area contributed by atoms with Gasteiger partial charge in [-0.3, -0.25) is 0 Å². The van der Waals surface area contributed by atoms with Crippen LogP contribution in [-0.2, 0) is 13.0 Å². The standard InChI is InChI=1S/C13H16N4O/c1-3-11-6-12(17-9-16-11)14-7-10-4-5-13(18-2)15-8-10/h4-6,8-9H,3,7H2,1-2H3,(H,14,16,17). The van der Waals surface area contributed by atoms with E-state index >= 15 is 0 Å². The van der Waals surface area contributed by atoms with E-state index in [1.807, 2.05) is 18.2 Å². The summed E-state index contributed by atoms with van der Waals surface area (Å²) in [6.45, 7) is 2.75. The second-order valence-corrected chi connectivity index (χ2v) is 3.81. The Morgan fingerprint density at radius 2 is 2.11 bits per heavy atom. The van der Waals surface area contributed by atoms with E-state index in [1.54, 1.807) is 19.6 Å². The minimum absolute atomic E-state index is 0.619. The third-order valence-electron chi connectivity index (χ3n) is 2.57. The number of rotatable bonds is 5. The first-order chi connectivity index (χ1) is 8.81. The van der Waals surface area contributed by atoms with Crippen LogP contribution in [-0.4, -0.2) is 22.1 Å². The molecule has 0 bridgehead atoms. The summed E-state index contributed by atoms with van der Waals surface area (Å²) < 4.78 is 5.01. The topological polar surface area (TPSA) is 59.9 Å². The Morgan fingerprint density at radius 3 is 2.78 bits per heavy atom. The van der Waals surface area contributed by atoms with Crippen molar-refractivity contribution < 1.29 is 4.74 Å². The Labute approximate surface area is 106 Å². The van der Waals surface area contributed by atoms with E-state index in [0.717, 1.165) is 23.5 Å². The zero-order chi connectivity index (χ0) is 12.8. The van der Waals surface area contributed by atoms with Crippen molar-refractivity contribution in [3.05, 3.63) is 42.0 Å². The molecule has 0 fully saturated rings. The number of aromatic nitrogens is 3. The molecule has 0 unspecified atom stereocenters. The monoisotopic (exact) mass is 244 g/mol. The van der Waals surface area contributed by atoms with Crippen molar-refractivity contribution in [2.45, 2.75) is 19.9 Å². The van der Waals surface area contributed by atoms with Gasteiger partial charge in [0.15, 0.2) is 0 Å². The minimum Gasteiger partial charge on any atom is -0.481 e. The number of ether oxygens (including phenoxy) is 1. The van der Waals surface area contributed by atoms with Crippen LogP contribution in [0.2, 0.25) is 0 Å². The van der Waals surface area contributed by atoms with E-state index in [2.05, 4.69) is 27.2 Å². The average Bonchev–Trinajstić information content (AvgIpc) is 2.46. The van der Waals surface area contributed by atoms with Crippen LogP contribution in [0.15, 0.2) is 30.7 Å². The summed E-state index contributed by atoms with van der Waals surface area (Å²) >= 11 is 0. The summed E-state index contributed by atoms with van der Waals surface area (Å²) in [6, 6.07) is 5.77. The van der Waals surface area contributed by atoms with Gasteiger partial charge >= 0.3 is 0 Å². The quantitative estimate of drug-likeness (QED) is 0.872. The zero-order valence-electron chi connectivity index (χ0n) is 10.6. The van der Waals surface area contributed by atoms with E-state index in [-0.39, 0.29) is 0 Å². The van der Waals surface area contributed by atoms with Crippen molar-refractivity contribution in [3.8, 4) is 5.88 Å². The summed E-state index contributed by atoms with van der Waals surface area (Å²) in [5.41, 5.74) is 2.10. The summed E-state index contributed by atoms with van der Waals surface area (Å²) in [5.74, 6) is 1.45. The lowest BCUT2D eigenvalue weighted by Crippen LogP contribution is -2.03. The van der Waals surface area contributed by atoms with E-state index in [0.29, 0.717) is 12.4 Å². The molecule has 0 saturated heterocycles. The largest absolute Gasteiger partial charge is 0.481 e. The molecular weight excluding hydrogens is 228 g/mol. The number of methoxy groups -OCH3 is 1. The van der Waals surface area contributed by atoms with Crippen molar-refractivity contribution in [1.29, 1.82) is 0 Å². The Hall–Kier alpha value is -2.17. The third-order valence-corrected chi connectivity index (χ3v) is 2.57. The summed E-state index contributed by atoms with van der Waals surface area (Å²) in [7, 11) is 1.60. The van der Waals surface area contributed by atoms with Gasteiger partial charge in [0.2, 0.25) is 5.88 Å². The van der Waals surface area contributed by atoms with Crippen molar-refractivity contribution in [2.75, 3.05) is 12.4 Å². The molecule has 0 saturated carbocycles. The lowest BCUT2D eigenvalue weighted by molar-refractivity contribution is 0.397. The molecule has 5 heteroatoms. The number of anilines is 1. The summed E-state index contributed by atoms with van der Waals surface area (Å²) in [5, 5.41) is 3.24. The SMILES string of the molecule is CCc1cc(NCc2ccc(OC)nc2)ncn1. The summed E-state index contributed by atoms with van der Waals surface area (Å²) in [6.07, 6.45) is 4.27. The molecule has 2 heterocycles. The van der Waals surface area contributed by atoms with Gasteiger partial charge in [-0.15, -0.1) is 0 Å². The van der Waals surface area contributed by atoms with Gasteiger partial charge in [0.1, 0.15) is 12.1 Å². The van der Waals surface area contributed by atoms with Crippen LogP contribution >= 0.6 is 0 Å². The predicted octanol–water partition coefficient (Wildman–Crippen LogP) is 2.05. The molecule has 2 aromatic heterocycles. The van der Waals surface area contributed by atoms with Crippen LogP contribution in [0, 0.1) is 0 Å². The van der Waals surface area contributed by atoms with Gasteiger partial charge < -0.3 is 10.1 Å². The molecule has 5 nitrogen and oxygen atoms in total. The molecule has 0 aliphatic rings. The molecule has 0 aromatic carbocycles. The Bertz CT molecular complexity index is 499. The van der Waals surface area contributed by atoms with E-state index in [4.69, 9.17) is 4.74 Å². The number of nitrogens with one attached hydrogen (secondary N) is 1. The number of nitrogens with zero attached hydrogens (tertiary/aromatic N) is 3. The fraction of sp³-hybridized carbons (Fsp3) is 0.308. The predicted molar refractivity (Wildman–Crippen MR) is 69.5 cm³/mol. The normalized spacial score (nSPS) is 10.1. The molecule has 0 radical (unpaired) electrons. The van der Waals surface area contributed by atoms with Gasteiger partial charge in [-0.05, 0) is 12.0 Å². The maximum absolute atomic E-state index is 5.01. The van der Waals surface area contributed by atoms with Gasteiger partial charge in [0, 0.05) is 30.6 Å². The Balaban J connectivity index is 1.97. The number of hydrogen-bond donors (Lipinski definition) is 1. The molecule has 0 aliphatic heterocycles. The molecular formula is C13H16N4O. The first-order valence-corrected chi connectivity index (χ1v) is 5.85. The van der Waals surface area contributed by atoms with Gasteiger partial charge in [0.25, 0.3) is 0 Å². The van der Waals surface area contributed by atoms with Gasteiger partial charge in [-0.1, -0.05) is 13.0 Å². The van der Waals surface area contributed by atoms with Crippen molar-refractivity contribution in [2.24, 2.45) is 0 Å². The smallest absolute Gasteiger partial charge is 0.212 e. The third kappa shape index (κ3) is 3.16. The van der Waals surface area contributed by atoms with E-state index in [1.165, 1.54) is 0 Å². The molecule has 1 N–H and O–H groups in total. The molecule has 2 rings (SSSR count).